The van der Waals surface area contributed by atoms with Gasteiger partial charge in [-0.25, -0.2) is 18.4 Å². The number of fused-ring (bicyclic) bond motifs is 4. The Kier molecular flexibility index (Phi) is 7.20. The third-order valence-corrected chi connectivity index (χ3v) is 8.99. The molecule has 3 aliphatic heterocycles. The fourth-order valence-electron chi connectivity index (χ4n) is 5.81. The average Bonchev–Trinajstić information content (AvgIpc) is 3.26. The van der Waals surface area contributed by atoms with Crippen LogP contribution in [0.2, 0.25) is 0 Å². The molecule has 12 nitrogen and oxygen atoms in total. The van der Waals surface area contributed by atoms with Gasteiger partial charge in [-0.3, -0.25) is 19.3 Å². The number of amides is 1. The molecule has 45 heavy (non-hydrogen) atoms. The number of carbonyl (C=O) groups excluding carboxylic acids is 2. The Labute approximate surface area is 256 Å². The summed E-state index contributed by atoms with van der Waals surface area (Å²) in [5.41, 5.74) is 0.298. The summed E-state index contributed by atoms with van der Waals surface area (Å²) in [6.45, 7) is 1.31. The summed E-state index contributed by atoms with van der Waals surface area (Å²) in [7, 11) is 0. The second-order valence-corrected chi connectivity index (χ2v) is 11.4. The number of ether oxygens (including phenoxy) is 3. The molecule has 1 fully saturated rings. The van der Waals surface area contributed by atoms with Gasteiger partial charge in [0.2, 0.25) is 11.2 Å². The highest BCUT2D eigenvalue weighted by atomic mass is 32.2. The topological polar surface area (TPSA) is 134 Å². The normalized spacial score (nSPS) is 18.8. The van der Waals surface area contributed by atoms with Gasteiger partial charge in [-0.1, -0.05) is 24.3 Å². The van der Waals surface area contributed by atoms with Crippen LogP contribution in [0.5, 0.6) is 5.75 Å². The lowest BCUT2D eigenvalue weighted by molar-refractivity contribution is -0.0198. The molecule has 0 N–H and O–H groups in total. The van der Waals surface area contributed by atoms with Crippen molar-refractivity contribution in [2.24, 2.45) is 0 Å². The molecule has 0 unspecified atom stereocenters. The van der Waals surface area contributed by atoms with Crippen LogP contribution in [0.25, 0.3) is 0 Å². The number of aryl methyl sites for hydroxylation is 1. The molecule has 3 aliphatic rings. The molecule has 0 saturated carbocycles. The zero-order valence-electron chi connectivity index (χ0n) is 23.5. The number of thioether (sulfide) groups is 1. The Balaban J connectivity index is 1.37. The van der Waals surface area contributed by atoms with E-state index in [2.05, 4.69) is 0 Å². The lowest BCUT2D eigenvalue weighted by Crippen LogP contribution is -2.66. The van der Waals surface area contributed by atoms with Gasteiger partial charge in [-0.2, -0.15) is 0 Å². The van der Waals surface area contributed by atoms with Crippen molar-refractivity contribution in [1.29, 1.82) is 0 Å². The highest BCUT2D eigenvalue weighted by Gasteiger charge is 2.46. The molecule has 2 aromatic carbocycles. The van der Waals surface area contributed by atoms with E-state index in [0.717, 1.165) is 22.6 Å². The highest BCUT2D eigenvalue weighted by Crippen LogP contribution is 2.45. The number of halogens is 2. The zero-order chi connectivity index (χ0) is 31.4. The van der Waals surface area contributed by atoms with Crippen molar-refractivity contribution in [3.8, 4) is 5.75 Å². The van der Waals surface area contributed by atoms with Crippen molar-refractivity contribution in [2.75, 3.05) is 24.8 Å². The van der Waals surface area contributed by atoms with Crippen molar-refractivity contribution in [3.63, 3.8) is 0 Å². The summed E-state index contributed by atoms with van der Waals surface area (Å²) in [6, 6.07) is 10.3. The predicted molar refractivity (Wildman–Crippen MR) is 152 cm³/mol. The number of carbonyl (C=O) groups is 2. The maximum absolute atomic E-state index is 15.4. The summed E-state index contributed by atoms with van der Waals surface area (Å²) in [6.07, 6.45) is -0.717. The first-order chi connectivity index (χ1) is 21.7. The SMILES string of the molecule is Cc1oc(=O)oc1COC(=O)Oc1c2n(ccc1=O)N([C@@H]1c3ccccc3SCc3c1ccc(F)c3F)[C@@H]1COCCN1C2=O. The molecule has 5 heterocycles. The summed E-state index contributed by atoms with van der Waals surface area (Å²) >= 11 is 1.35. The fraction of sp³-hybridized carbons (Fsp3) is 0.267. The minimum atomic E-state index is -1.34. The van der Waals surface area contributed by atoms with Gasteiger partial charge >= 0.3 is 12.0 Å². The van der Waals surface area contributed by atoms with Gasteiger partial charge in [0, 0.05) is 35.0 Å². The first-order valence-electron chi connectivity index (χ1n) is 13.8. The molecule has 15 heteroatoms. The molecular formula is C30H23F2N3O9S. The largest absolute Gasteiger partial charge is 0.519 e. The van der Waals surface area contributed by atoms with Crippen LogP contribution < -0.4 is 21.0 Å². The van der Waals surface area contributed by atoms with Crippen LogP contribution in [0.3, 0.4) is 0 Å². The van der Waals surface area contributed by atoms with E-state index in [1.54, 1.807) is 5.01 Å². The number of hydrogen-bond donors (Lipinski definition) is 0. The van der Waals surface area contributed by atoms with E-state index in [1.165, 1.54) is 40.5 Å². The van der Waals surface area contributed by atoms with Crippen LogP contribution in [0.15, 0.2) is 72.0 Å². The molecule has 2 aromatic heterocycles. The number of aromatic nitrogens is 1. The van der Waals surface area contributed by atoms with Crippen molar-refractivity contribution >= 4 is 23.8 Å². The summed E-state index contributed by atoms with van der Waals surface area (Å²) in [4.78, 5) is 53.5. The molecule has 0 radical (unpaired) electrons. The maximum atomic E-state index is 15.4. The van der Waals surface area contributed by atoms with Gasteiger partial charge in [-0.05, 0) is 30.2 Å². The first kappa shape index (κ1) is 28.9. The molecule has 0 spiro atoms. The third-order valence-electron chi connectivity index (χ3n) is 7.88. The summed E-state index contributed by atoms with van der Waals surface area (Å²) in [5.74, 6) is -3.98. The summed E-state index contributed by atoms with van der Waals surface area (Å²) in [5, 5.41) is 1.75. The number of morpholine rings is 1. The van der Waals surface area contributed by atoms with Gasteiger partial charge in [0.15, 0.2) is 35.5 Å². The quantitative estimate of drug-likeness (QED) is 0.302. The van der Waals surface area contributed by atoms with Crippen LogP contribution in [0.1, 0.15) is 44.7 Å². The third kappa shape index (κ3) is 4.88. The fourth-order valence-corrected chi connectivity index (χ4v) is 6.93. The van der Waals surface area contributed by atoms with Crippen LogP contribution >= 0.6 is 11.8 Å². The Hall–Kier alpha value is -4.89. The van der Waals surface area contributed by atoms with Gasteiger partial charge in [0.1, 0.15) is 6.17 Å². The molecular weight excluding hydrogens is 616 g/mol. The molecule has 1 amide bonds. The minimum Gasteiger partial charge on any atom is -0.426 e. The monoisotopic (exact) mass is 639 g/mol. The van der Waals surface area contributed by atoms with E-state index in [1.807, 2.05) is 24.3 Å². The predicted octanol–water partition coefficient (Wildman–Crippen LogP) is 3.84. The Morgan fingerprint density at radius 1 is 1.07 bits per heavy atom. The Morgan fingerprint density at radius 3 is 2.69 bits per heavy atom. The Morgan fingerprint density at radius 2 is 1.89 bits per heavy atom. The van der Waals surface area contributed by atoms with E-state index in [-0.39, 0.29) is 48.3 Å². The van der Waals surface area contributed by atoms with Crippen molar-refractivity contribution < 1.29 is 41.4 Å². The van der Waals surface area contributed by atoms with E-state index >= 15 is 4.39 Å². The number of rotatable bonds is 4. The van der Waals surface area contributed by atoms with Gasteiger partial charge in [0.25, 0.3) is 5.91 Å². The number of hydrogen-bond acceptors (Lipinski definition) is 11. The van der Waals surface area contributed by atoms with Gasteiger partial charge < -0.3 is 27.9 Å². The van der Waals surface area contributed by atoms with Gasteiger partial charge in [-0.15, -0.1) is 11.8 Å². The van der Waals surface area contributed by atoms with Crippen molar-refractivity contribution in [2.45, 2.75) is 36.4 Å². The number of nitrogens with zero attached hydrogens (tertiary/aromatic N) is 3. The van der Waals surface area contributed by atoms with E-state index in [0.29, 0.717) is 5.56 Å². The van der Waals surface area contributed by atoms with Crippen LogP contribution in [0.4, 0.5) is 13.6 Å². The molecule has 7 rings (SSSR count). The molecule has 2 atom stereocenters. The molecule has 232 valence electrons. The molecule has 0 aliphatic carbocycles. The average molecular weight is 640 g/mol. The highest BCUT2D eigenvalue weighted by molar-refractivity contribution is 7.98. The summed E-state index contributed by atoms with van der Waals surface area (Å²) < 4.78 is 57.0. The minimum absolute atomic E-state index is 0.0607. The smallest absolute Gasteiger partial charge is 0.426 e. The molecule has 0 bridgehead atoms. The Bertz CT molecular complexity index is 1970. The van der Waals surface area contributed by atoms with Crippen LogP contribution in [-0.4, -0.2) is 47.6 Å². The lowest BCUT2D eigenvalue weighted by Gasteiger charge is -2.51. The van der Waals surface area contributed by atoms with E-state index in [4.69, 9.17) is 23.0 Å². The molecule has 1 saturated heterocycles. The zero-order valence-corrected chi connectivity index (χ0v) is 24.3. The second-order valence-electron chi connectivity index (χ2n) is 10.4. The first-order valence-corrected chi connectivity index (χ1v) is 14.8. The van der Waals surface area contributed by atoms with Crippen molar-refractivity contribution in [1.82, 2.24) is 9.58 Å². The van der Waals surface area contributed by atoms with Gasteiger partial charge in [0.05, 0.1) is 19.3 Å². The van der Waals surface area contributed by atoms with E-state index in [9.17, 15) is 23.6 Å². The van der Waals surface area contributed by atoms with Crippen molar-refractivity contribution in [3.05, 3.63) is 115 Å². The molecule has 4 aromatic rings. The number of benzene rings is 2. The van der Waals surface area contributed by atoms with E-state index < -0.39 is 59.5 Å². The number of pyridine rings is 1. The standard InChI is InChI=1S/C30H23F2N3O9S/c1-15-21(43-30(39)42-15)12-41-29(38)44-27-20(36)8-9-34-26(27)28(37)33-10-11-40-13-23(33)35(34)25-16-6-7-19(31)24(32)18(16)14-45-22-5-3-2-4-17(22)25/h2-9,23,25H,10-14H2,1H3/t23-,25+/m1/s1. The maximum Gasteiger partial charge on any atom is 0.519 e. The van der Waals surface area contributed by atoms with Crippen LogP contribution in [0, 0.1) is 18.6 Å². The second kappa shape index (κ2) is 11.2. The lowest BCUT2D eigenvalue weighted by atomic mass is 9.93. The van der Waals surface area contributed by atoms with Crippen LogP contribution in [-0.2, 0) is 21.8 Å².